The number of nitrogens with zero attached hydrogens (tertiary/aromatic N) is 2. The number of ether oxygens (including phenoxy) is 2. The van der Waals surface area contributed by atoms with Crippen LogP contribution in [0.25, 0.3) is 0 Å². The molecule has 12 heteroatoms. The van der Waals surface area contributed by atoms with Crippen LogP contribution < -0.4 is 15.4 Å². The fraction of sp³-hybridized carbons (Fsp3) is 0.318. The van der Waals surface area contributed by atoms with Crippen LogP contribution in [0.15, 0.2) is 28.6 Å². The number of anilines is 2. The molecule has 0 atom stereocenters. The van der Waals surface area contributed by atoms with Crippen LogP contribution in [0.3, 0.4) is 0 Å². The smallest absolute Gasteiger partial charge is 0.341 e. The molecule has 0 saturated carbocycles. The number of hydrogen-bond acceptors (Lipinski definition) is 10. The lowest BCUT2D eigenvalue weighted by atomic mass is 10.1. The molecule has 9 nitrogen and oxygen atoms in total. The van der Waals surface area contributed by atoms with Crippen molar-refractivity contribution in [3.05, 3.63) is 45.8 Å². The highest BCUT2D eigenvalue weighted by atomic mass is 32.2. The average molecular weight is 519 g/mol. The number of para-hydroxylation sites is 1. The number of rotatable bonds is 9. The minimum Gasteiger partial charge on any atom is -0.496 e. The maximum atomic E-state index is 12.6. The van der Waals surface area contributed by atoms with Gasteiger partial charge >= 0.3 is 5.97 Å². The van der Waals surface area contributed by atoms with Gasteiger partial charge in [0.05, 0.1) is 30.6 Å². The van der Waals surface area contributed by atoms with Crippen LogP contribution in [0.5, 0.6) is 5.75 Å². The van der Waals surface area contributed by atoms with Crippen molar-refractivity contribution < 1.29 is 23.9 Å². The van der Waals surface area contributed by atoms with Crippen molar-refractivity contribution >= 4 is 62.4 Å². The third kappa shape index (κ3) is 5.40. The third-order valence-electron chi connectivity index (χ3n) is 4.96. The zero-order chi connectivity index (χ0) is 24.1. The second kappa shape index (κ2) is 11.0. The molecule has 4 rings (SSSR count). The number of nitrogens with one attached hydrogen (secondary N) is 2. The van der Waals surface area contributed by atoms with E-state index in [0.717, 1.165) is 29.7 Å². The maximum absolute atomic E-state index is 12.6. The molecule has 2 aromatic heterocycles. The molecule has 0 unspecified atom stereocenters. The lowest BCUT2D eigenvalue weighted by molar-refractivity contribution is -0.113. The Balaban J connectivity index is 1.35. The summed E-state index contributed by atoms with van der Waals surface area (Å²) in [6, 6.07) is 6.87. The van der Waals surface area contributed by atoms with E-state index in [1.165, 1.54) is 41.5 Å². The number of thiophene rings is 1. The van der Waals surface area contributed by atoms with Crippen molar-refractivity contribution in [2.75, 3.05) is 30.1 Å². The van der Waals surface area contributed by atoms with Crippen LogP contribution in [-0.4, -0.2) is 47.5 Å². The van der Waals surface area contributed by atoms with Gasteiger partial charge in [0.1, 0.15) is 10.8 Å². The summed E-state index contributed by atoms with van der Waals surface area (Å²) >= 11 is 3.81. The number of aromatic nitrogens is 2. The molecule has 34 heavy (non-hydrogen) atoms. The molecule has 1 aliphatic carbocycles. The van der Waals surface area contributed by atoms with E-state index in [9.17, 15) is 14.4 Å². The van der Waals surface area contributed by atoms with Crippen LogP contribution in [-0.2, 0) is 22.4 Å². The summed E-state index contributed by atoms with van der Waals surface area (Å²) in [6.45, 7) is 2.04. The molecule has 2 N–H and O–H groups in total. The van der Waals surface area contributed by atoms with Crippen LogP contribution in [0.4, 0.5) is 10.1 Å². The van der Waals surface area contributed by atoms with Crippen molar-refractivity contribution in [3.63, 3.8) is 0 Å². The first-order valence-corrected chi connectivity index (χ1v) is 13.1. The monoisotopic (exact) mass is 518 g/mol. The molecule has 0 spiro atoms. The molecule has 0 saturated heterocycles. The Morgan fingerprint density at radius 1 is 1.12 bits per heavy atom. The van der Waals surface area contributed by atoms with E-state index in [0.29, 0.717) is 31.3 Å². The highest BCUT2D eigenvalue weighted by Gasteiger charge is 2.28. The second-order valence-corrected chi connectivity index (χ2v) is 10.5. The second-order valence-electron chi connectivity index (χ2n) is 7.15. The van der Waals surface area contributed by atoms with Crippen LogP contribution in [0, 0.1) is 0 Å². The summed E-state index contributed by atoms with van der Waals surface area (Å²) in [5.74, 6) is -0.479. The molecule has 3 aromatic rings. The molecule has 0 aliphatic heterocycles. The summed E-state index contributed by atoms with van der Waals surface area (Å²) in [6.07, 6.45) is 2.73. The van der Waals surface area contributed by atoms with Gasteiger partial charge in [-0.25, -0.2) is 4.79 Å². The van der Waals surface area contributed by atoms with Crippen molar-refractivity contribution in [3.8, 4) is 5.75 Å². The highest BCUT2D eigenvalue weighted by molar-refractivity contribution is 8.01. The Kier molecular flexibility index (Phi) is 7.80. The zero-order valence-electron chi connectivity index (χ0n) is 18.5. The first kappa shape index (κ1) is 24.2. The summed E-state index contributed by atoms with van der Waals surface area (Å²) in [5.41, 5.74) is 1.86. The van der Waals surface area contributed by atoms with E-state index in [1.807, 2.05) is 0 Å². The Morgan fingerprint density at radius 2 is 1.94 bits per heavy atom. The summed E-state index contributed by atoms with van der Waals surface area (Å²) in [4.78, 5) is 38.7. The number of esters is 1. The van der Waals surface area contributed by atoms with Crippen molar-refractivity contribution in [2.24, 2.45) is 0 Å². The van der Waals surface area contributed by atoms with Crippen LogP contribution in [0.2, 0.25) is 0 Å². The zero-order valence-corrected chi connectivity index (χ0v) is 21.0. The van der Waals surface area contributed by atoms with Gasteiger partial charge in [0.2, 0.25) is 11.0 Å². The lowest BCUT2D eigenvalue weighted by Crippen LogP contribution is -2.16. The standard InChI is InChI=1S/C22H22N4O5S3/c1-3-31-20(29)17-13-8-6-10-15(13)33-19(17)23-16(27)11-32-22-26-25-21(34-22)24-18(28)12-7-4-5-9-14(12)30-2/h4-5,7,9H,3,6,8,10-11H2,1-2H3,(H,23,27)(H,24,25,28). The van der Waals surface area contributed by atoms with E-state index < -0.39 is 5.97 Å². The molecule has 1 aromatic carbocycles. The lowest BCUT2D eigenvalue weighted by Gasteiger charge is -2.07. The number of amides is 2. The average Bonchev–Trinajstić information content (AvgIpc) is 3.54. The number of carbonyl (C=O) groups excluding carboxylic acids is 3. The number of methoxy groups -OCH3 is 1. The molecule has 1 aliphatic rings. The maximum Gasteiger partial charge on any atom is 0.341 e. The van der Waals surface area contributed by atoms with Gasteiger partial charge in [-0.1, -0.05) is 35.2 Å². The molecule has 0 bridgehead atoms. The molecule has 2 heterocycles. The Morgan fingerprint density at radius 3 is 2.74 bits per heavy atom. The van der Waals surface area contributed by atoms with Crippen LogP contribution in [0.1, 0.15) is 44.5 Å². The molecule has 2 amide bonds. The molecule has 178 valence electrons. The normalized spacial score (nSPS) is 12.2. The quantitative estimate of drug-likeness (QED) is 0.245. The van der Waals surface area contributed by atoms with E-state index >= 15 is 0 Å². The summed E-state index contributed by atoms with van der Waals surface area (Å²) < 4.78 is 10.9. The van der Waals surface area contributed by atoms with E-state index in [2.05, 4.69) is 20.8 Å². The molecule has 0 fully saturated rings. The Bertz CT molecular complexity index is 1220. The number of hydrogen-bond donors (Lipinski definition) is 2. The van der Waals surface area contributed by atoms with E-state index in [4.69, 9.17) is 9.47 Å². The van der Waals surface area contributed by atoms with Crippen LogP contribution >= 0.6 is 34.4 Å². The molecular formula is C22H22N4O5S3. The minimum atomic E-state index is -0.399. The largest absolute Gasteiger partial charge is 0.496 e. The predicted molar refractivity (Wildman–Crippen MR) is 133 cm³/mol. The van der Waals surface area contributed by atoms with Gasteiger partial charge in [0.25, 0.3) is 5.91 Å². The fourth-order valence-corrected chi connectivity index (χ4v) is 6.36. The van der Waals surface area contributed by atoms with E-state index in [1.54, 1.807) is 31.2 Å². The van der Waals surface area contributed by atoms with Gasteiger partial charge in [-0.05, 0) is 43.9 Å². The minimum absolute atomic E-state index is 0.0833. The number of fused-ring (bicyclic) bond motifs is 1. The van der Waals surface area contributed by atoms with Gasteiger partial charge in [0, 0.05) is 4.88 Å². The summed E-state index contributed by atoms with van der Waals surface area (Å²) in [5, 5.41) is 14.4. The van der Waals surface area contributed by atoms with Crippen molar-refractivity contribution in [1.82, 2.24) is 10.2 Å². The molecule has 0 radical (unpaired) electrons. The number of carbonyl (C=O) groups is 3. The topological polar surface area (TPSA) is 120 Å². The Labute approximate surface area is 208 Å². The number of aryl methyl sites for hydroxylation is 1. The van der Waals surface area contributed by atoms with Crippen molar-refractivity contribution in [1.29, 1.82) is 0 Å². The first-order chi connectivity index (χ1) is 16.5. The fourth-order valence-electron chi connectivity index (χ4n) is 3.52. The van der Waals surface area contributed by atoms with Gasteiger partial charge in [0.15, 0.2) is 4.34 Å². The number of benzene rings is 1. The van der Waals surface area contributed by atoms with Gasteiger partial charge in [-0.2, -0.15) is 0 Å². The van der Waals surface area contributed by atoms with Gasteiger partial charge < -0.3 is 14.8 Å². The number of thioether (sulfide) groups is 1. The van der Waals surface area contributed by atoms with Gasteiger partial charge in [-0.15, -0.1) is 21.5 Å². The summed E-state index contributed by atoms with van der Waals surface area (Å²) in [7, 11) is 1.50. The van der Waals surface area contributed by atoms with Gasteiger partial charge in [-0.3, -0.25) is 14.9 Å². The third-order valence-corrected chi connectivity index (χ3v) is 8.14. The molecular weight excluding hydrogens is 496 g/mol. The highest BCUT2D eigenvalue weighted by Crippen LogP contribution is 2.39. The SMILES string of the molecule is CCOC(=O)c1c(NC(=O)CSc2nnc(NC(=O)c3ccccc3OC)s2)sc2c1CCC2. The van der Waals surface area contributed by atoms with Crippen molar-refractivity contribution in [2.45, 2.75) is 30.5 Å². The van der Waals surface area contributed by atoms with E-state index in [-0.39, 0.29) is 24.2 Å². The Hall–Kier alpha value is -2.96. The predicted octanol–water partition coefficient (Wildman–Crippen LogP) is 4.26. The first-order valence-electron chi connectivity index (χ1n) is 10.5.